The Morgan fingerprint density at radius 3 is 2.57 bits per heavy atom. The first-order valence-electron chi connectivity index (χ1n) is 9.05. The molecule has 1 aromatic carbocycles. The van der Waals surface area contributed by atoms with Crippen LogP contribution < -0.4 is 0 Å². The normalized spacial score (nSPS) is 17.9. The van der Waals surface area contributed by atoms with Gasteiger partial charge >= 0.3 is 6.18 Å². The van der Waals surface area contributed by atoms with E-state index in [4.69, 9.17) is 0 Å². The minimum atomic E-state index is -4.38. The molecule has 8 heteroatoms. The van der Waals surface area contributed by atoms with Crippen molar-refractivity contribution in [1.82, 2.24) is 14.9 Å². The summed E-state index contributed by atoms with van der Waals surface area (Å²) in [6.07, 6.45) is -3.19. The average molecular weight is 393 g/mol. The number of hydrogen-bond acceptors (Lipinski definition) is 3. The molecule has 1 unspecified atom stereocenters. The maximum Gasteiger partial charge on any atom is 0.416 e. The number of rotatable bonds is 3. The molecule has 0 bridgehead atoms. The van der Waals surface area contributed by atoms with Crippen LogP contribution in [0.3, 0.4) is 0 Å². The van der Waals surface area contributed by atoms with Gasteiger partial charge in [-0.1, -0.05) is 18.2 Å². The Balaban J connectivity index is 1.48. The van der Waals surface area contributed by atoms with Gasteiger partial charge in [-0.25, -0.2) is 4.39 Å². The minimum absolute atomic E-state index is 0.209. The zero-order chi connectivity index (χ0) is 19.9. The van der Waals surface area contributed by atoms with Crippen molar-refractivity contribution in [3.8, 4) is 0 Å². The number of piperidine rings is 1. The van der Waals surface area contributed by atoms with Gasteiger partial charge in [0.25, 0.3) is 0 Å². The molecule has 1 aliphatic rings. The molecule has 1 atom stereocenters. The van der Waals surface area contributed by atoms with Crippen molar-refractivity contribution in [2.75, 3.05) is 13.1 Å². The number of aliphatic hydroxyl groups excluding tert-OH is 1. The molecule has 0 spiro atoms. The van der Waals surface area contributed by atoms with Crippen LogP contribution in [0.1, 0.15) is 41.8 Å². The van der Waals surface area contributed by atoms with Crippen LogP contribution in [0.15, 0.2) is 42.6 Å². The molecule has 2 aromatic heterocycles. The van der Waals surface area contributed by atoms with Crippen molar-refractivity contribution in [3.63, 3.8) is 0 Å². The summed E-state index contributed by atoms with van der Waals surface area (Å²) in [4.78, 5) is 8.73. The molecule has 148 valence electrons. The summed E-state index contributed by atoms with van der Waals surface area (Å²) in [5, 5.41) is 10.6. The summed E-state index contributed by atoms with van der Waals surface area (Å²) in [7, 11) is 0. The summed E-state index contributed by atoms with van der Waals surface area (Å²) in [6, 6.07) is 8.65. The van der Waals surface area contributed by atoms with Crippen molar-refractivity contribution in [1.29, 1.82) is 0 Å². The number of aromatic amines is 1. The third-order valence-electron chi connectivity index (χ3n) is 5.32. The lowest BCUT2D eigenvalue weighted by atomic mass is 9.86. The maximum atomic E-state index is 13.3. The number of halogens is 4. The Morgan fingerprint density at radius 2 is 1.86 bits per heavy atom. The third-order valence-corrected chi connectivity index (χ3v) is 5.32. The summed E-state index contributed by atoms with van der Waals surface area (Å²) in [5.41, 5.74) is 1.25. The number of likely N-dealkylation sites (tertiary alicyclic amines) is 1. The van der Waals surface area contributed by atoms with E-state index in [1.807, 2.05) is 0 Å². The highest BCUT2D eigenvalue weighted by atomic mass is 19.4. The first-order valence-corrected chi connectivity index (χ1v) is 9.05. The molecular formula is C20H19F4N3O. The van der Waals surface area contributed by atoms with Crippen molar-refractivity contribution < 1.29 is 22.7 Å². The highest BCUT2D eigenvalue weighted by Gasteiger charge is 2.36. The smallest absolute Gasteiger partial charge is 0.373 e. The van der Waals surface area contributed by atoms with Crippen molar-refractivity contribution in [2.45, 2.75) is 31.2 Å². The molecule has 2 N–H and O–H groups in total. The van der Waals surface area contributed by atoms with Gasteiger partial charge in [0.1, 0.15) is 12.0 Å². The molecule has 28 heavy (non-hydrogen) atoms. The lowest BCUT2D eigenvalue weighted by Crippen LogP contribution is -2.36. The lowest BCUT2D eigenvalue weighted by molar-refractivity contribution is -0.138. The maximum absolute atomic E-state index is 13.3. The van der Waals surface area contributed by atoms with Gasteiger partial charge in [0, 0.05) is 19.2 Å². The fraction of sp³-hybridized carbons (Fsp3) is 0.350. The van der Waals surface area contributed by atoms with Gasteiger partial charge in [0.05, 0.1) is 28.5 Å². The predicted octanol–water partition coefficient (Wildman–Crippen LogP) is 4.59. The van der Waals surface area contributed by atoms with Crippen LogP contribution in [0, 0.1) is 5.82 Å². The van der Waals surface area contributed by atoms with Crippen LogP contribution in [0.25, 0.3) is 11.0 Å². The quantitative estimate of drug-likeness (QED) is 0.640. The van der Waals surface area contributed by atoms with Crippen LogP contribution in [-0.2, 0) is 6.18 Å². The molecule has 0 radical (unpaired) electrons. The fourth-order valence-electron chi connectivity index (χ4n) is 3.91. The number of alkyl halides is 3. The Kier molecular flexibility index (Phi) is 4.84. The van der Waals surface area contributed by atoms with E-state index >= 15 is 0 Å². The summed E-state index contributed by atoms with van der Waals surface area (Å²) in [5.74, 6) is -0.681. The second kappa shape index (κ2) is 7.18. The van der Waals surface area contributed by atoms with Crippen LogP contribution in [0.5, 0.6) is 0 Å². The Bertz CT molecular complexity index is 977. The van der Waals surface area contributed by atoms with Crippen molar-refractivity contribution >= 4 is 11.0 Å². The number of aliphatic hydroxyl groups is 1. The third kappa shape index (κ3) is 3.62. The first kappa shape index (κ1) is 18.9. The number of nitrogens with one attached hydrogen (secondary N) is 1. The lowest BCUT2D eigenvalue weighted by Gasteiger charge is -2.35. The fourth-order valence-corrected chi connectivity index (χ4v) is 3.91. The van der Waals surface area contributed by atoms with E-state index < -0.39 is 23.8 Å². The van der Waals surface area contributed by atoms with E-state index in [2.05, 4.69) is 9.97 Å². The zero-order valence-corrected chi connectivity index (χ0v) is 14.9. The van der Waals surface area contributed by atoms with Crippen LogP contribution in [0.2, 0.25) is 0 Å². The van der Waals surface area contributed by atoms with Crippen LogP contribution in [0.4, 0.5) is 17.6 Å². The van der Waals surface area contributed by atoms with Crippen molar-refractivity contribution in [2.24, 2.45) is 0 Å². The van der Waals surface area contributed by atoms with Gasteiger partial charge in [-0.15, -0.1) is 0 Å². The van der Waals surface area contributed by atoms with E-state index in [9.17, 15) is 22.7 Å². The highest BCUT2D eigenvalue weighted by molar-refractivity contribution is 5.75. The molecule has 1 aliphatic heterocycles. The van der Waals surface area contributed by atoms with Gasteiger partial charge in [-0.3, -0.25) is 9.88 Å². The molecule has 1 fully saturated rings. The molecule has 3 aromatic rings. The van der Waals surface area contributed by atoms with E-state index in [1.54, 1.807) is 17.0 Å². The van der Waals surface area contributed by atoms with E-state index in [0.717, 1.165) is 12.3 Å². The Morgan fingerprint density at radius 1 is 1.14 bits per heavy atom. The number of aromatic nitrogens is 2. The first-order chi connectivity index (χ1) is 13.3. The Labute approximate surface area is 158 Å². The van der Waals surface area contributed by atoms with Crippen molar-refractivity contribution in [3.05, 3.63) is 65.2 Å². The van der Waals surface area contributed by atoms with Gasteiger partial charge in [-0.05, 0) is 36.5 Å². The number of hydrogen-bond donors (Lipinski definition) is 2. The standard InChI is InChI=1S/C20H19F4N3O/c21-13-9-17-16(25-11-13)10-18(26-17)19(28)27-7-5-12(6-8-27)14-3-1-2-4-15(14)20(22,23)24/h1-4,9-12,19,26,28H,5-8H2. The van der Waals surface area contributed by atoms with E-state index in [0.29, 0.717) is 48.2 Å². The summed E-state index contributed by atoms with van der Waals surface area (Å²) >= 11 is 0. The number of fused-ring (bicyclic) bond motifs is 1. The monoisotopic (exact) mass is 393 g/mol. The molecule has 1 saturated heterocycles. The van der Waals surface area contributed by atoms with E-state index in [1.165, 1.54) is 18.2 Å². The van der Waals surface area contributed by atoms with Gasteiger partial charge in [-0.2, -0.15) is 13.2 Å². The number of benzene rings is 1. The molecular weight excluding hydrogens is 374 g/mol. The molecule has 3 heterocycles. The summed E-state index contributed by atoms with van der Waals surface area (Å²) in [6.45, 7) is 0.907. The van der Waals surface area contributed by atoms with Gasteiger partial charge in [0.2, 0.25) is 0 Å². The summed E-state index contributed by atoms with van der Waals surface area (Å²) < 4.78 is 53.1. The topological polar surface area (TPSA) is 52.2 Å². The zero-order valence-electron chi connectivity index (χ0n) is 14.9. The highest BCUT2D eigenvalue weighted by Crippen LogP contribution is 2.39. The van der Waals surface area contributed by atoms with E-state index in [-0.39, 0.29) is 5.92 Å². The predicted molar refractivity (Wildman–Crippen MR) is 96.0 cm³/mol. The molecule has 4 nitrogen and oxygen atoms in total. The molecule has 0 amide bonds. The van der Waals surface area contributed by atoms with Crippen LogP contribution in [-0.4, -0.2) is 33.1 Å². The largest absolute Gasteiger partial charge is 0.416 e. The van der Waals surface area contributed by atoms with Crippen LogP contribution >= 0.6 is 0 Å². The number of H-pyrrole nitrogens is 1. The SMILES string of the molecule is OC(c1cc2ncc(F)cc2[nH]1)N1CCC(c2ccccc2C(F)(F)F)CC1. The number of pyridine rings is 1. The molecule has 0 aliphatic carbocycles. The van der Waals surface area contributed by atoms with Gasteiger partial charge in [0.15, 0.2) is 0 Å². The number of nitrogens with zero attached hydrogens (tertiary/aromatic N) is 2. The Hall–Kier alpha value is -2.45. The second-order valence-electron chi connectivity index (χ2n) is 7.08. The minimum Gasteiger partial charge on any atom is -0.373 e. The molecule has 0 saturated carbocycles. The molecule has 4 rings (SSSR count). The second-order valence-corrected chi connectivity index (χ2v) is 7.08. The van der Waals surface area contributed by atoms with Gasteiger partial charge < -0.3 is 10.1 Å². The average Bonchev–Trinajstić information content (AvgIpc) is 3.10.